The Morgan fingerprint density at radius 3 is 2.84 bits per heavy atom. The van der Waals surface area contributed by atoms with Gasteiger partial charge >= 0.3 is 0 Å². The van der Waals surface area contributed by atoms with Crippen LogP contribution < -0.4 is 15.8 Å². The third kappa shape index (κ3) is 3.56. The van der Waals surface area contributed by atoms with Crippen molar-refractivity contribution in [1.82, 2.24) is 9.97 Å². The van der Waals surface area contributed by atoms with Gasteiger partial charge < -0.3 is 20.5 Å². The van der Waals surface area contributed by atoms with Gasteiger partial charge in [-0.05, 0) is 17.7 Å². The normalized spacial score (nSPS) is 10.2. The van der Waals surface area contributed by atoms with Crippen molar-refractivity contribution in [3.8, 4) is 11.6 Å². The van der Waals surface area contributed by atoms with Crippen molar-refractivity contribution in [2.45, 2.75) is 6.61 Å². The molecule has 0 saturated heterocycles. The highest BCUT2D eigenvalue weighted by Crippen LogP contribution is 2.23. The van der Waals surface area contributed by atoms with E-state index in [4.69, 9.17) is 15.2 Å². The van der Waals surface area contributed by atoms with E-state index < -0.39 is 0 Å². The second-order valence-corrected chi connectivity index (χ2v) is 3.88. The lowest BCUT2D eigenvalue weighted by Crippen LogP contribution is -2.01. The van der Waals surface area contributed by atoms with E-state index in [2.05, 4.69) is 15.3 Å². The number of hydrogen-bond acceptors (Lipinski definition) is 6. The lowest BCUT2D eigenvalue weighted by molar-refractivity contribution is 0.184. The molecule has 0 saturated carbocycles. The number of nitrogens with zero attached hydrogens (tertiary/aromatic N) is 2. The third-order valence-corrected chi connectivity index (χ3v) is 2.41. The molecule has 0 amide bonds. The number of ether oxygens (including phenoxy) is 2. The monoisotopic (exact) mass is 260 g/mol. The quantitative estimate of drug-likeness (QED) is 0.856. The molecule has 0 radical (unpaired) electrons. The summed E-state index contributed by atoms with van der Waals surface area (Å²) in [5.41, 5.74) is 6.63. The molecule has 6 nitrogen and oxygen atoms in total. The van der Waals surface area contributed by atoms with Crippen molar-refractivity contribution in [3.63, 3.8) is 0 Å². The van der Waals surface area contributed by atoms with E-state index in [0.29, 0.717) is 24.1 Å². The van der Waals surface area contributed by atoms with Gasteiger partial charge in [-0.1, -0.05) is 12.1 Å². The SMILES string of the molecule is CNc1cc(Oc2cccc(COC)c2)nc(N)n1. The number of anilines is 2. The zero-order chi connectivity index (χ0) is 13.7. The number of hydrogen-bond donors (Lipinski definition) is 2. The number of nitrogens with one attached hydrogen (secondary N) is 1. The van der Waals surface area contributed by atoms with Gasteiger partial charge in [0.25, 0.3) is 0 Å². The van der Waals surface area contributed by atoms with E-state index in [-0.39, 0.29) is 5.95 Å². The minimum Gasteiger partial charge on any atom is -0.439 e. The van der Waals surface area contributed by atoms with Crippen molar-refractivity contribution >= 4 is 11.8 Å². The van der Waals surface area contributed by atoms with Crippen LogP contribution in [0.4, 0.5) is 11.8 Å². The van der Waals surface area contributed by atoms with Crippen molar-refractivity contribution < 1.29 is 9.47 Å². The Morgan fingerprint density at radius 2 is 2.11 bits per heavy atom. The lowest BCUT2D eigenvalue weighted by Gasteiger charge is -2.08. The average molecular weight is 260 g/mol. The number of nitrogen functional groups attached to an aromatic ring is 1. The Bertz CT molecular complexity index is 560. The van der Waals surface area contributed by atoms with E-state index >= 15 is 0 Å². The van der Waals surface area contributed by atoms with E-state index in [9.17, 15) is 0 Å². The van der Waals surface area contributed by atoms with Crippen LogP contribution >= 0.6 is 0 Å². The molecule has 0 fully saturated rings. The first-order valence-corrected chi connectivity index (χ1v) is 5.79. The number of nitrogens with two attached hydrogens (primary N) is 1. The Labute approximate surface area is 111 Å². The van der Waals surface area contributed by atoms with E-state index in [1.807, 2.05) is 24.3 Å². The van der Waals surface area contributed by atoms with Crippen LogP contribution in [0.2, 0.25) is 0 Å². The molecule has 2 aromatic rings. The van der Waals surface area contributed by atoms with Crippen LogP contribution in [-0.4, -0.2) is 24.1 Å². The molecule has 1 heterocycles. The van der Waals surface area contributed by atoms with Gasteiger partial charge in [-0.15, -0.1) is 0 Å². The van der Waals surface area contributed by atoms with Crippen molar-refractivity contribution in [2.24, 2.45) is 0 Å². The second-order valence-electron chi connectivity index (χ2n) is 3.88. The number of methoxy groups -OCH3 is 1. The van der Waals surface area contributed by atoms with Gasteiger partial charge in [-0.25, -0.2) is 0 Å². The highest BCUT2D eigenvalue weighted by atomic mass is 16.5. The summed E-state index contributed by atoms with van der Waals surface area (Å²) in [5.74, 6) is 1.84. The molecule has 19 heavy (non-hydrogen) atoms. The summed E-state index contributed by atoms with van der Waals surface area (Å²) in [6.07, 6.45) is 0. The molecular weight excluding hydrogens is 244 g/mol. The van der Waals surface area contributed by atoms with Gasteiger partial charge in [0.05, 0.1) is 6.61 Å². The molecule has 100 valence electrons. The topological polar surface area (TPSA) is 82.3 Å². The van der Waals surface area contributed by atoms with Crippen LogP contribution in [0.1, 0.15) is 5.56 Å². The van der Waals surface area contributed by atoms with Crippen molar-refractivity contribution in [3.05, 3.63) is 35.9 Å². The molecule has 0 spiro atoms. The highest BCUT2D eigenvalue weighted by molar-refractivity contribution is 5.43. The highest BCUT2D eigenvalue weighted by Gasteiger charge is 2.04. The Hall–Kier alpha value is -2.34. The van der Waals surface area contributed by atoms with Gasteiger partial charge in [0, 0.05) is 20.2 Å². The van der Waals surface area contributed by atoms with Gasteiger partial charge in [0.2, 0.25) is 11.8 Å². The van der Waals surface area contributed by atoms with Crippen LogP contribution in [-0.2, 0) is 11.3 Å². The van der Waals surface area contributed by atoms with E-state index in [1.54, 1.807) is 20.2 Å². The molecular formula is C13H16N4O2. The summed E-state index contributed by atoms with van der Waals surface area (Å²) < 4.78 is 10.7. The first-order chi connectivity index (χ1) is 9.21. The van der Waals surface area contributed by atoms with Crippen LogP contribution in [0, 0.1) is 0 Å². The molecule has 1 aromatic carbocycles. The second kappa shape index (κ2) is 6.01. The molecule has 3 N–H and O–H groups in total. The van der Waals surface area contributed by atoms with Crippen LogP contribution in [0.15, 0.2) is 30.3 Å². The van der Waals surface area contributed by atoms with E-state index in [1.165, 1.54) is 0 Å². The zero-order valence-corrected chi connectivity index (χ0v) is 10.9. The molecule has 6 heteroatoms. The maximum absolute atomic E-state index is 5.66. The minimum atomic E-state index is 0.162. The maximum Gasteiger partial charge on any atom is 0.226 e. The fraction of sp³-hybridized carbons (Fsp3) is 0.231. The molecule has 0 bridgehead atoms. The van der Waals surface area contributed by atoms with Crippen LogP contribution in [0.5, 0.6) is 11.6 Å². The molecule has 0 aliphatic rings. The fourth-order valence-corrected chi connectivity index (χ4v) is 1.61. The molecule has 2 rings (SSSR count). The third-order valence-electron chi connectivity index (χ3n) is 2.41. The summed E-state index contributed by atoms with van der Waals surface area (Å²) in [4.78, 5) is 8.02. The molecule has 0 unspecified atom stereocenters. The Morgan fingerprint density at radius 1 is 1.26 bits per heavy atom. The molecule has 1 aromatic heterocycles. The summed E-state index contributed by atoms with van der Waals surface area (Å²) in [7, 11) is 3.41. The predicted octanol–water partition coefficient (Wildman–Crippen LogP) is 2.04. The van der Waals surface area contributed by atoms with Crippen molar-refractivity contribution in [1.29, 1.82) is 0 Å². The van der Waals surface area contributed by atoms with Crippen molar-refractivity contribution in [2.75, 3.05) is 25.2 Å². The van der Waals surface area contributed by atoms with Gasteiger partial charge in [0.15, 0.2) is 0 Å². The number of aromatic nitrogens is 2. The van der Waals surface area contributed by atoms with E-state index in [0.717, 1.165) is 5.56 Å². The first kappa shape index (κ1) is 13.1. The summed E-state index contributed by atoms with van der Waals surface area (Å²) in [6.45, 7) is 0.533. The maximum atomic E-state index is 5.66. The summed E-state index contributed by atoms with van der Waals surface area (Å²) >= 11 is 0. The largest absolute Gasteiger partial charge is 0.439 e. The molecule has 0 atom stereocenters. The standard InChI is InChI=1S/C13H16N4O2/c1-15-11-7-12(17-13(14)16-11)19-10-5-3-4-9(6-10)8-18-2/h3-7H,8H2,1-2H3,(H3,14,15,16,17). The fourth-order valence-electron chi connectivity index (χ4n) is 1.61. The summed E-state index contributed by atoms with van der Waals surface area (Å²) in [6, 6.07) is 9.27. The number of benzene rings is 1. The molecule has 0 aliphatic carbocycles. The first-order valence-electron chi connectivity index (χ1n) is 5.79. The zero-order valence-electron chi connectivity index (χ0n) is 10.9. The van der Waals surface area contributed by atoms with Gasteiger partial charge in [-0.2, -0.15) is 9.97 Å². The Balaban J connectivity index is 2.20. The lowest BCUT2D eigenvalue weighted by atomic mass is 10.2. The summed E-state index contributed by atoms with van der Waals surface area (Å²) in [5, 5.41) is 2.89. The van der Waals surface area contributed by atoms with Crippen LogP contribution in [0.25, 0.3) is 0 Å². The van der Waals surface area contributed by atoms with Gasteiger partial charge in [0.1, 0.15) is 11.6 Å². The predicted molar refractivity (Wildman–Crippen MR) is 73.2 cm³/mol. The molecule has 0 aliphatic heterocycles. The number of rotatable bonds is 5. The smallest absolute Gasteiger partial charge is 0.226 e. The minimum absolute atomic E-state index is 0.162. The van der Waals surface area contributed by atoms with Gasteiger partial charge in [-0.3, -0.25) is 0 Å². The average Bonchev–Trinajstić information content (AvgIpc) is 2.39. The van der Waals surface area contributed by atoms with Crippen LogP contribution in [0.3, 0.4) is 0 Å². The Kier molecular flexibility index (Phi) is 4.15.